The molecule has 4 heteroatoms. The first-order valence-electron chi connectivity index (χ1n) is 7.22. The zero-order valence-electron chi connectivity index (χ0n) is 12.7. The molecular weight excluding hydrogens is 298 g/mol. The van der Waals surface area contributed by atoms with E-state index in [0.717, 1.165) is 11.1 Å². The van der Waals surface area contributed by atoms with Crippen LogP contribution in [0, 0.1) is 0 Å². The third-order valence-corrected chi connectivity index (χ3v) is 3.99. The summed E-state index contributed by atoms with van der Waals surface area (Å²) in [5, 5.41) is 14.0. The van der Waals surface area contributed by atoms with Crippen LogP contribution in [-0.2, 0) is 10.4 Å². The first-order valence-corrected chi connectivity index (χ1v) is 7.59. The number of carbonyl (C=O) groups is 1. The van der Waals surface area contributed by atoms with Gasteiger partial charge in [0.25, 0.3) is 0 Å². The lowest BCUT2D eigenvalue weighted by Crippen LogP contribution is -2.34. The number of amides is 1. The maximum absolute atomic E-state index is 12.2. The van der Waals surface area contributed by atoms with E-state index in [2.05, 4.69) is 5.32 Å². The summed E-state index contributed by atoms with van der Waals surface area (Å²) in [5.41, 5.74) is 0.373. The molecule has 3 nitrogen and oxygen atoms in total. The van der Waals surface area contributed by atoms with Crippen LogP contribution in [0.2, 0.25) is 5.02 Å². The second kappa shape index (κ2) is 6.95. The molecule has 0 aliphatic heterocycles. The van der Waals surface area contributed by atoms with Crippen molar-refractivity contribution in [1.29, 1.82) is 0 Å². The van der Waals surface area contributed by atoms with Crippen LogP contribution < -0.4 is 5.32 Å². The summed E-state index contributed by atoms with van der Waals surface area (Å²) < 4.78 is 0. The SMILES string of the molecule is CC(NC(=O)CC(C)(O)c1ccccc1)c1ccccc1Cl. The van der Waals surface area contributed by atoms with Crippen molar-refractivity contribution in [3.63, 3.8) is 0 Å². The van der Waals surface area contributed by atoms with Gasteiger partial charge in [-0.25, -0.2) is 0 Å². The Labute approximate surface area is 135 Å². The van der Waals surface area contributed by atoms with Gasteiger partial charge in [0.2, 0.25) is 5.91 Å². The maximum atomic E-state index is 12.2. The molecule has 0 aliphatic rings. The van der Waals surface area contributed by atoms with Crippen LogP contribution in [0.25, 0.3) is 0 Å². The Morgan fingerprint density at radius 3 is 2.41 bits per heavy atom. The molecule has 2 N–H and O–H groups in total. The molecule has 2 aromatic carbocycles. The number of halogens is 1. The summed E-state index contributed by atoms with van der Waals surface area (Å²) in [7, 11) is 0. The molecule has 0 radical (unpaired) electrons. The van der Waals surface area contributed by atoms with E-state index in [1.165, 1.54) is 0 Å². The molecule has 0 fully saturated rings. The number of carbonyl (C=O) groups excluding carboxylic acids is 1. The van der Waals surface area contributed by atoms with Gasteiger partial charge in [-0.1, -0.05) is 60.1 Å². The highest BCUT2D eigenvalue weighted by Crippen LogP contribution is 2.26. The van der Waals surface area contributed by atoms with E-state index in [9.17, 15) is 9.90 Å². The average molecular weight is 318 g/mol. The second-order valence-electron chi connectivity index (χ2n) is 5.63. The zero-order valence-corrected chi connectivity index (χ0v) is 13.5. The molecule has 0 aromatic heterocycles. The Morgan fingerprint density at radius 1 is 1.18 bits per heavy atom. The molecule has 0 heterocycles. The summed E-state index contributed by atoms with van der Waals surface area (Å²) in [6.45, 7) is 3.51. The van der Waals surface area contributed by atoms with Crippen LogP contribution in [-0.4, -0.2) is 11.0 Å². The maximum Gasteiger partial charge on any atom is 0.223 e. The van der Waals surface area contributed by atoms with Crippen LogP contribution >= 0.6 is 11.6 Å². The van der Waals surface area contributed by atoms with Crippen LogP contribution in [0.15, 0.2) is 54.6 Å². The van der Waals surface area contributed by atoms with Crippen molar-refractivity contribution in [3.05, 3.63) is 70.7 Å². The van der Waals surface area contributed by atoms with E-state index >= 15 is 0 Å². The van der Waals surface area contributed by atoms with Crippen molar-refractivity contribution in [2.75, 3.05) is 0 Å². The Hall–Kier alpha value is -1.84. The standard InChI is InChI=1S/C18H20ClNO2/c1-13(15-10-6-7-11-16(15)19)20-17(21)12-18(2,22)14-8-4-3-5-9-14/h3-11,13,22H,12H2,1-2H3,(H,20,21). The van der Waals surface area contributed by atoms with Gasteiger partial charge < -0.3 is 10.4 Å². The predicted octanol–water partition coefficient (Wildman–Crippen LogP) is 3.82. The number of rotatable bonds is 5. The molecule has 22 heavy (non-hydrogen) atoms. The van der Waals surface area contributed by atoms with Gasteiger partial charge in [0, 0.05) is 5.02 Å². The Kier molecular flexibility index (Phi) is 5.22. The number of nitrogens with one attached hydrogen (secondary N) is 1. The number of aliphatic hydroxyl groups is 1. The molecule has 0 spiro atoms. The van der Waals surface area contributed by atoms with Gasteiger partial charge in [0.05, 0.1) is 18.1 Å². The molecule has 0 bridgehead atoms. The summed E-state index contributed by atoms with van der Waals surface area (Å²) >= 11 is 6.13. The minimum absolute atomic E-state index is 0.00813. The van der Waals surface area contributed by atoms with Gasteiger partial charge in [-0.3, -0.25) is 4.79 Å². The molecule has 116 valence electrons. The van der Waals surface area contributed by atoms with E-state index in [1.54, 1.807) is 13.0 Å². The van der Waals surface area contributed by atoms with Crippen molar-refractivity contribution < 1.29 is 9.90 Å². The largest absolute Gasteiger partial charge is 0.385 e. The fourth-order valence-corrected chi connectivity index (χ4v) is 2.71. The lowest BCUT2D eigenvalue weighted by Gasteiger charge is -2.24. The van der Waals surface area contributed by atoms with Crippen molar-refractivity contribution in [2.24, 2.45) is 0 Å². The molecule has 0 saturated carbocycles. The van der Waals surface area contributed by atoms with Gasteiger partial charge in [-0.15, -0.1) is 0 Å². The van der Waals surface area contributed by atoms with Crippen LogP contribution in [0.1, 0.15) is 37.4 Å². The monoisotopic (exact) mass is 317 g/mol. The van der Waals surface area contributed by atoms with Crippen molar-refractivity contribution in [3.8, 4) is 0 Å². The minimum atomic E-state index is -1.20. The molecule has 0 saturated heterocycles. The third kappa shape index (κ3) is 4.09. The Morgan fingerprint density at radius 2 is 1.77 bits per heavy atom. The van der Waals surface area contributed by atoms with E-state index in [0.29, 0.717) is 5.02 Å². The molecule has 2 unspecified atom stereocenters. The smallest absolute Gasteiger partial charge is 0.223 e. The zero-order chi connectivity index (χ0) is 16.2. The summed E-state index contributed by atoms with van der Waals surface area (Å²) in [4.78, 5) is 12.2. The van der Waals surface area contributed by atoms with Crippen LogP contribution in [0.4, 0.5) is 0 Å². The van der Waals surface area contributed by atoms with Crippen molar-refractivity contribution in [1.82, 2.24) is 5.32 Å². The number of hydrogen-bond donors (Lipinski definition) is 2. The first kappa shape index (κ1) is 16.5. The third-order valence-electron chi connectivity index (χ3n) is 3.65. The highest BCUT2D eigenvalue weighted by Gasteiger charge is 2.27. The van der Waals surface area contributed by atoms with E-state index in [4.69, 9.17) is 11.6 Å². The van der Waals surface area contributed by atoms with Gasteiger partial charge in [-0.2, -0.15) is 0 Å². The Balaban J connectivity index is 2.03. The normalized spacial score (nSPS) is 14.9. The number of hydrogen-bond acceptors (Lipinski definition) is 2. The molecular formula is C18H20ClNO2. The quantitative estimate of drug-likeness (QED) is 0.881. The average Bonchev–Trinajstić information content (AvgIpc) is 2.47. The fraction of sp³-hybridized carbons (Fsp3) is 0.278. The predicted molar refractivity (Wildman–Crippen MR) is 88.6 cm³/mol. The van der Waals surface area contributed by atoms with Crippen LogP contribution in [0.3, 0.4) is 0 Å². The van der Waals surface area contributed by atoms with E-state index in [-0.39, 0.29) is 18.4 Å². The minimum Gasteiger partial charge on any atom is -0.385 e. The highest BCUT2D eigenvalue weighted by molar-refractivity contribution is 6.31. The molecule has 1 amide bonds. The van der Waals surface area contributed by atoms with Crippen molar-refractivity contribution in [2.45, 2.75) is 31.9 Å². The van der Waals surface area contributed by atoms with Gasteiger partial charge >= 0.3 is 0 Å². The summed E-state index contributed by atoms with van der Waals surface area (Å²) in [5.74, 6) is -0.221. The van der Waals surface area contributed by atoms with Gasteiger partial charge in [-0.05, 0) is 31.0 Å². The lowest BCUT2D eigenvalue weighted by atomic mass is 9.92. The topological polar surface area (TPSA) is 49.3 Å². The van der Waals surface area contributed by atoms with Crippen molar-refractivity contribution >= 4 is 17.5 Å². The second-order valence-corrected chi connectivity index (χ2v) is 6.03. The van der Waals surface area contributed by atoms with Gasteiger partial charge in [0.1, 0.15) is 0 Å². The fourth-order valence-electron chi connectivity index (χ4n) is 2.41. The summed E-state index contributed by atoms with van der Waals surface area (Å²) in [6.07, 6.45) is -0.00813. The van der Waals surface area contributed by atoms with E-state index < -0.39 is 5.60 Å². The molecule has 2 aromatic rings. The highest BCUT2D eigenvalue weighted by atomic mass is 35.5. The summed E-state index contributed by atoms with van der Waals surface area (Å²) in [6, 6.07) is 16.4. The molecule has 2 rings (SSSR count). The first-order chi connectivity index (χ1) is 10.4. The Bertz CT molecular complexity index is 641. The lowest BCUT2D eigenvalue weighted by molar-refractivity contribution is -0.126. The number of benzene rings is 2. The molecule has 0 aliphatic carbocycles. The van der Waals surface area contributed by atoms with Gasteiger partial charge in [0.15, 0.2) is 0 Å². The molecule has 2 atom stereocenters. The van der Waals surface area contributed by atoms with E-state index in [1.807, 2.05) is 55.5 Å². The van der Waals surface area contributed by atoms with Crippen LogP contribution in [0.5, 0.6) is 0 Å².